The van der Waals surface area contributed by atoms with Crippen molar-refractivity contribution >= 4 is 18.6 Å². The van der Waals surface area contributed by atoms with Gasteiger partial charge in [0.05, 0.1) is 0 Å². The topological polar surface area (TPSA) is 0 Å². The van der Waals surface area contributed by atoms with E-state index in [-0.39, 0.29) is 30.2 Å². The molecule has 0 unspecified atom stereocenters. The molecule has 2 aliphatic carbocycles. The number of hydrogen-bond donors (Lipinski definition) is 0. The zero-order valence-corrected chi connectivity index (χ0v) is 27.1. The molecule has 0 aromatic heterocycles. The van der Waals surface area contributed by atoms with E-state index in [1.165, 1.54) is 44.5 Å². The third-order valence-electron chi connectivity index (χ3n) is 7.72. The fourth-order valence-corrected chi connectivity index (χ4v) is 13.3. The van der Waals surface area contributed by atoms with Gasteiger partial charge in [0.2, 0.25) is 0 Å². The molecule has 2 aliphatic rings. The summed E-state index contributed by atoms with van der Waals surface area (Å²) in [5.41, 5.74) is 12.6. The molecule has 38 heavy (non-hydrogen) atoms. The van der Waals surface area contributed by atoms with E-state index in [0.717, 1.165) is 12.8 Å². The van der Waals surface area contributed by atoms with Crippen LogP contribution in [0.15, 0.2) is 88.8 Å². The van der Waals surface area contributed by atoms with Crippen LogP contribution in [0.3, 0.4) is 0 Å². The molecule has 0 amide bonds. The van der Waals surface area contributed by atoms with Crippen LogP contribution in [0.25, 0.3) is 23.3 Å². The smallest absolute Gasteiger partial charge is 1.00 e. The first kappa shape index (κ1) is 30.5. The predicted molar refractivity (Wildman–Crippen MR) is 156 cm³/mol. The molecule has 0 saturated carbocycles. The summed E-state index contributed by atoms with van der Waals surface area (Å²) in [6.07, 6.45) is 11.1. The van der Waals surface area contributed by atoms with E-state index in [4.69, 9.17) is 0 Å². The molecular formula is C35H36Cl2Zr. The van der Waals surface area contributed by atoms with Crippen LogP contribution in [0.4, 0.5) is 0 Å². The van der Waals surface area contributed by atoms with Crippen LogP contribution in [-0.2, 0) is 27.7 Å². The second-order valence-electron chi connectivity index (χ2n) is 11.2. The molecule has 0 aliphatic heterocycles. The summed E-state index contributed by atoms with van der Waals surface area (Å²) in [4.78, 5) is 0. The minimum absolute atomic E-state index is 0. The zero-order valence-electron chi connectivity index (χ0n) is 23.1. The number of hydrogen-bond acceptors (Lipinski definition) is 0. The van der Waals surface area contributed by atoms with Crippen LogP contribution in [0.2, 0.25) is 0 Å². The minimum Gasteiger partial charge on any atom is -1.00 e. The van der Waals surface area contributed by atoms with Gasteiger partial charge in [-0.15, -0.1) is 0 Å². The fourth-order valence-electron chi connectivity index (χ4n) is 5.57. The Kier molecular flexibility index (Phi) is 9.63. The van der Waals surface area contributed by atoms with Gasteiger partial charge in [0.15, 0.2) is 0 Å². The van der Waals surface area contributed by atoms with E-state index in [1.807, 2.05) is 12.2 Å². The Morgan fingerprint density at radius 1 is 0.868 bits per heavy atom. The van der Waals surface area contributed by atoms with Crippen molar-refractivity contribution in [3.05, 3.63) is 122 Å². The molecule has 0 saturated heterocycles. The standard InChI is InChI=1S/C17H13.C9H13.C9H10.2ClH.Zr/c1-3-12-5-7-14-11-15-8-6-13(4-2)10-17(15)16(14)9-12;1-9(2,3)8-6-4-5-7-8;1-3-9-6-4-8(2)5-7-9;;;/h3-7,9-10H,1-2,11H2;6-7H,4H2,1-3H3;4-7H,1-2H3;2*1H;/q;;;;;+2/p-2. The second kappa shape index (κ2) is 12.0. The average Bonchev–Trinajstić information content (AvgIpc) is 3.49. The quantitative estimate of drug-likeness (QED) is 0.323. The van der Waals surface area contributed by atoms with Gasteiger partial charge >= 0.3 is 226 Å². The van der Waals surface area contributed by atoms with Crippen molar-refractivity contribution in [2.45, 2.75) is 47.5 Å². The molecule has 0 fully saturated rings. The minimum atomic E-state index is -2.46. The number of benzene rings is 3. The maximum Gasteiger partial charge on any atom is -1.00 e. The molecule has 3 aromatic carbocycles. The Morgan fingerprint density at radius 3 is 2.13 bits per heavy atom. The molecular weight excluding hydrogens is 583 g/mol. The molecule has 0 radical (unpaired) electrons. The van der Waals surface area contributed by atoms with Gasteiger partial charge < -0.3 is 24.8 Å². The third kappa shape index (κ3) is 5.77. The van der Waals surface area contributed by atoms with Crippen molar-refractivity contribution in [1.29, 1.82) is 0 Å². The third-order valence-corrected chi connectivity index (χ3v) is 15.1. The molecule has 3 heteroatoms. The monoisotopic (exact) mass is 616 g/mol. The van der Waals surface area contributed by atoms with Gasteiger partial charge in [-0.3, -0.25) is 0 Å². The van der Waals surface area contributed by atoms with E-state index >= 15 is 0 Å². The van der Waals surface area contributed by atoms with Gasteiger partial charge in [-0.05, 0) is 0 Å². The SMILES string of the molecule is C=Cc1ccc2c(c1)-c1cc(C=C)c[c](/[Zr+2]([C]3=CC(C(C)(C)C)=CC3)=[C](/C)c3ccc(C)cc3)c1C2.[Cl-].[Cl-]. The molecule has 0 spiro atoms. The van der Waals surface area contributed by atoms with Crippen LogP contribution in [0, 0.1) is 12.3 Å². The van der Waals surface area contributed by atoms with Crippen LogP contribution in [-0.4, -0.2) is 3.21 Å². The largest absolute Gasteiger partial charge is 1.00 e. The van der Waals surface area contributed by atoms with E-state index in [0.29, 0.717) is 0 Å². The molecule has 0 atom stereocenters. The van der Waals surface area contributed by atoms with Gasteiger partial charge in [-0.25, -0.2) is 0 Å². The maximum absolute atomic E-state index is 4.18. The second-order valence-corrected chi connectivity index (χ2v) is 17.8. The first-order valence-corrected chi connectivity index (χ1v) is 16.6. The first-order chi connectivity index (χ1) is 17.2. The van der Waals surface area contributed by atoms with Crippen molar-refractivity contribution < 1.29 is 46.1 Å². The number of aryl methyl sites for hydroxylation is 1. The van der Waals surface area contributed by atoms with Gasteiger partial charge in [-0.2, -0.15) is 0 Å². The van der Waals surface area contributed by atoms with Crippen LogP contribution in [0.5, 0.6) is 0 Å². The Morgan fingerprint density at radius 2 is 1.53 bits per heavy atom. The van der Waals surface area contributed by atoms with Crippen LogP contribution >= 0.6 is 0 Å². The van der Waals surface area contributed by atoms with Gasteiger partial charge in [0.1, 0.15) is 0 Å². The summed E-state index contributed by atoms with van der Waals surface area (Å²) in [6.45, 7) is 19.8. The van der Waals surface area contributed by atoms with Crippen molar-refractivity contribution in [1.82, 2.24) is 0 Å². The average molecular weight is 619 g/mol. The van der Waals surface area contributed by atoms with Crippen LogP contribution in [0.1, 0.15) is 67.5 Å². The van der Waals surface area contributed by atoms with Gasteiger partial charge in [0, 0.05) is 0 Å². The molecule has 0 bridgehead atoms. The number of fused-ring (bicyclic) bond motifs is 3. The number of rotatable bonds is 5. The fraction of sp³-hybridized carbons (Fsp3) is 0.229. The maximum atomic E-state index is 4.18. The van der Waals surface area contributed by atoms with E-state index in [2.05, 4.69) is 115 Å². The molecule has 0 nitrogen and oxygen atoms in total. The Labute approximate surface area is 249 Å². The van der Waals surface area contributed by atoms with Crippen molar-refractivity contribution in [3.8, 4) is 11.1 Å². The summed E-state index contributed by atoms with van der Waals surface area (Å²) in [7, 11) is 0. The molecule has 3 aromatic rings. The summed E-state index contributed by atoms with van der Waals surface area (Å²) in [6, 6.07) is 20.9. The summed E-state index contributed by atoms with van der Waals surface area (Å²) >= 11 is -2.46. The molecule has 194 valence electrons. The first-order valence-electron chi connectivity index (χ1n) is 12.9. The molecule has 0 heterocycles. The van der Waals surface area contributed by atoms with Crippen molar-refractivity contribution in [3.63, 3.8) is 0 Å². The number of allylic oxidation sites excluding steroid dienone is 4. The van der Waals surface area contributed by atoms with E-state index in [1.54, 1.807) is 15.3 Å². The molecule has 0 N–H and O–H groups in total. The Bertz CT molecular complexity index is 1490. The Hall–Kier alpha value is -2.05. The molecule has 5 rings (SSSR count). The van der Waals surface area contributed by atoms with E-state index < -0.39 is 21.3 Å². The summed E-state index contributed by atoms with van der Waals surface area (Å²) in [5, 5.41) is 0. The zero-order chi connectivity index (χ0) is 25.6. The Balaban J connectivity index is 0.00000200. The van der Waals surface area contributed by atoms with Gasteiger partial charge in [0.25, 0.3) is 0 Å². The predicted octanol–water partition coefficient (Wildman–Crippen LogP) is 2.60. The summed E-state index contributed by atoms with van der Waals surface area (Å²) < 4.78 is 4.92. The van der Waals surface area contributed by atoms with Crippen LogP contribution < -0.4 is 28.1 Å². The summed E-state index contributed by atoms with van der Waals surface area (Å²) in [5.74, 6) is 0. The van der Waals surface area contributed by atoms with Crippen molar-refractivity contribution in [2.24, 2.45) is 5.41 Å². The normalized spacial score (nSPS) is 13.8. The van der Waals surface area contributed by atoms with Crippen molar-refractivity contribution in [2.75, 3.05) is 0 Å². The van der Waals surface area contributed by atoms with E-state index in [9.17, 15) is 0 Å². The number of halogens is 2. The van der Waals surface area contributed by atoms with Gasteiger partial charge in [-0.1, -0.05) is 0 Å².